The number of benzene rings is 1. The van der Waals surface area contributed by atoms with Crippen LogP contribution in [0.25, 0.3) is 0 Å². The van der Waals surface area contributed by atoms with Crippen LogP contribution in [0, 0.1) is 5.92 Å². The Labute approximate surface area is 137 Å². The van der Waals surface area contributed by atoms with Gasteiger partial charge in [-0.15, -0.1) is 0 Å². The summed E-state index contributed by atoms with van der Waals surface area (Å²) in [6.45, 7) is 4.93. The number of carbonyl (C=O) groups excluding carboxylic acids is 1. The van der Waals surface area contributed by atoms with Gasteiger partial charge in [-0.2, -0.15) is 0 Å². The van der Waals surface area contributed by atoms with E-state index in [0.29, 0.717) is 12.5 Å². The van der Waals surface area contributed by atoms with Gasteiger partial charge in [0, 0.05) is 19.5 Å². The molecular weight excluding hydrogens is 324 g/mol. The average Bonchev–Trinajstić information content (AvgIpc) is 2.43. The maximum Gasteiger partial charge on any atom is 0.242 e. The van der Waals surface area contributed by atoms with Crippen molar-refractivity contribution in [2.24, 2.45) is 5.92 Å². The summed E-state index contributed by atoms with van der Waals surface area (Å²) < 4.78 is 26.5. The van der Waals surface area contributed by atoms with Crippen molar-refractivity contribution < 1.29 is 13.2 Å². The van der Waals surface area contributed by atoms with Gasteiger partial charge in [-0.3, -0.25) is 4.79 Å². The Morgan fingerprint density at radius 2 is 1.91 bits per heavy atom. The number of sulfonamides is 1. The Balaban J connectivity index is 2.34. The molecule has 0 unspecified atom stereocenters. The average molecular weight is 347 g/mol. The molecule has 0 aliphatic carbocycles. The molecule has 0 radical (unpaired) electrons. The Kier molecular flexibility index (Phi) is 7.85. The van der Waals surface area contributed by atoms with E-state index in [1.165, 1.54) is 12.1 Å². The van der Waals surface area contributed by atoms with Crippen LogP contribution in [0.5, 0.6) is 0 Å². The first kappa shape index (κ1) is 18.9. The lowest BCUT2D eigenvalue weighted by molar-refractivity contribution is -0.120. The molecule has 124 valence electrons. The van der Waals surface area contributed by atoms with Gasteiger partial charge >= 0.3 is 0 Å². The van der Waals surface area contributed by atoms with E-state index >= 15 is 0 Å². The van der Waals surface area contributed by atoms with Crippen molar-refractivity contribution in [3.05, 3.63) is 29.3 Å². The topological polar surface area (TPSA) is 75.3 Å². The van der Waals surface area contributed by atoms with E-state index in [9.17, 15) is 13.2 Å². The highest BCUT2D eigenvalue weighted by Crippen LogP contribution is 2.19. The van der Waals surface area contributed by atoms with Gasteiger partial charge in [0.2, 0.25) is 15.9 Å². The summed E-state index contributed by atoms with van der Waals surface area (Å²) in [5, 5.41) is 2.94. The number of amides is 1. The van der Waals surface area contributed by atoms with Gasteiger partial charge in [0.25, 0.3) is 0 Å². The van der Waals surface area contributed by atoms with E-state index in [1.807, 2.05) is 0 Å². The van der Waals surface area contributed by atoms with Crippen LogP contribution in [0.2, 0.25) is 5.02 Å². The van der Waals surface area contributed by atoms with E-state index in [1.54, 1.807) is 12.1 Å². The van der Waals surface area contributed by atoms with E-state index in [4.69, 9.17) is 11.6 Å². The summed E-state index contributed by atoms with van der Waals surface area (Å²) in [7, 11) is -3.68. The standard InChI is InChI=1S/C15H23ClN2O3S/c1-12(2)6-5-10-17-15(19)9-11-18-22(20,21)14-8-4-3-7-13(14)16/h3-4,7-8,12,18H,5-6,9-11H2,1-2H3,(H,17,19). The molecule has 5 nitrogen and oxygen atoms in total. The molecule has 0 aliphatic heterocycles. The molecule has 0 saturated carbocycles. The summed E-state index contributed by atoms with van der Waals surface area (Å²) >= 11 is 5.86. The minimum absolute atomic E-state index is 0.0222. The molecule has 0 heterocycles. The minimum Gasteiger partial charge on any atom is -0.356 e. The fourth-order valence-corrected chi connectivity index (χ4v) is 3.42. The summed E-state index contributed by atoms with van der Waals surface area (Å²) in [6, 6.07) is 6.20. The number of hydrogen-bond donors (Lipinski definition) is 2. The van der Waals surface area contributed by atoms with Crippen molar-refractivity contribution in [1.82, 2.24) is 10.0 Å². The number of halogens is 1. The molecule has 0 spiro atoms. The highest BCUT2D eigenvalue weighted by Gasteiger charge is 2.17. The van der Waals surface area contributed by atoms with Crippen LogP contribution in [0.15, 0.2) is 29.2 Å². The summed E-state index contributed by atoms with van der Waals surface area (Å²) in [6.07, 6.45) is 2.08. The van der Waals surface area contributed by atoms with E-state index in [2.05, 4.69) is 23.9 Å². The molecule has 7 heteroatoms. The smallest absolute Gasteiger partial charge is 0.242 e. The Bertz CT molecular complexity index is 588. The summed E-state index contributed by atoms with van der Waals surface area (Å²) in [5.74, 6) is 0.449. The molecule has 1 rings (SSSR count). The predicted octanol–water partition coefficient (Wildman–Crippen LogP) is 2.56. The second-order valence-corrected chi connectivity index (χ2v) is 7.61. The lowest BCUT2D eigenvalue weighted by Gasteiger charge is -2.09. The monoisotopic (exact) mass is 346 g/mol. The van der Waals surface area contributed by atoms with Gasteiger partial charge in [0.05, 0.1) is 5.02 Å². The van der Waals surface area contributed by atoms with Gasteiger partial charge in [-0.1, -0.05) is 37.6 Å². The molecule has 1 aromatic carbocycles. The van der Waals surface area contributed by atoms with Gasteiger partial charge < -0.3 is 5.32 Å². The molecule has 0 saturated heterocycles. The Morgan fingerprint density at radius 1 is 1.23 bits per heavy atom. The largest absolute Gasteiger partial charge is 0.356 e. The molecular formula is C15H23ClN2O3S. The highest BCUT2D eigenvalue weighted by atomic mass is 35.5. The molecule has 0 atom stereocenters. The van der Waals surface area contributed by atoms with Crippen molar-refractivity contribution in [3.63, 3.8) is 0 Å². The van der Waals surface area contributed by atoms with Crippen LogP contribution in [0.3, 0.4) is 0 Å². The molecule has 0 aliphatic rings. The first-order valence-corrected chi connectivity index (χ1v) is 9.20. The van der Waals surface area contributed by atoms with Gasteiger partial charge in [0.15, 0.2) is 0 Å². The van der Waals surface area contributed by atoms with Crippen LogP contribution in [-0.2, 0) is 14.8 Å². The number of hydrogen-bond acceptors (Lipinski definition) is 3. The lowest BCUT2D eigenvalue weighted by atomic mass is 10.1. The zero-order valence-corrected chi connectivity index (χ0v) is 14.5. The zero-order valence-electron chi connectivity index (χ0n) is 12.9. The summed E-state index contributed by atoms with van der Waals surface area (Å²) in [4.78, 5) is 11.6. The fraction of sp³-hybridized carbons (Fsp3) is 0.533. The predicted molar refractivity (Wildman–Crippen MR) is 88.3 cm³/mol. The Morgan fingerprint density at radius 3 is 2.55 bits per heavy atom. The number of nitrogens with one attached hydrogen (secondary N) is 2. The molecule has 0 bridgehead atoms. The van der Waals surface area contributed by atoms with Crippen molar-refractivity contribution in [3.8, 4) is 0 Å². The molecule has 0 fully saturated rings. The van der Waals surface area contributed by atoms with Gasteiger partial charge in [0.1, 0.15) is 4.90 Å². The third-order valence-electron chi connectivity index (χ3n) is 3.05. The number of rotatable bonds is 9. The van der Waals surface area contributed by atoms with Crippen LogP contribution in [0.1, 0.15) is 33.1 Å². The van der Waals surface area contributed by atoms with E-state index < -0.39 is 10.0 Å². The second kappa shape index (κ2) is 9.12. The quantitative estimate of drug-likeness (QED) is 0.675. The fourth-order valence-electron chi connectivity index (χ4n) is 1.87. The molecule has 1 aromatic rings. The van der Waals surface area contributed by atoms with Crippen molar-refractivity contribution >= 4 is 27.5 Å². The van der Waals surface area contributed by atoms with Gasteiger partial charge in [-0.05, 0) is 30.9 Å². The second-order valence-electron chi connectivity index (χ2n) is 5.46. The van der Waals surface area contributed by atoms with Crippen molar-refractivity contribution in [1.29, 1.82) is 0 Å². The third-order valence-corrected chi connectivity index (χ3v) is 5.01. The maximum absolute atomic E-state index is 12.0. The van der Waals surface area contributed by atoms with Crippen LogP contribution in [-0.4, -0.2) is 27.4 Å². The minimum atomic E-state index is -3.68. The first-order valence-electron chi connectivity index (χ1n) is 7.34. The summed E-state index contributed by atoms with van der Waals surface area (Å²) in [5.41, 5.74) is 0. The van der Waals surface area contributed by atoms with Crippen LogP contribution < -0.4 is 10.0 Å². The van der Waals surface area contributed by atoms with E-state index in [-0.39, 0.29) is 28.8 Å². The highest BCUT2D eigenvalue weighted by molar-refractivity contribution is 7.89. The number of carbonyl (C=O) groups is 1. The zero-order chi connectivity index (χ0) is 16.6. The van der Waals surface area contributed by atoms with Crippen LogP contribution in [0.4, 0.5) is 0 Å². The lowest BCUT2D eigenvalue weighted by Crippen LogP contribution is -2.31. The molecule has 1 amide bonds. The molecule has 0 aromatic heterocycles. The normalized spacial score (nSPS) is 11.6. The maximum atomic E-state index is 12.0. The van der Waals surface area contributed by atoms with Crippen LogP contribution >= 0.6 is 11.6 Å². The van der Waals surface area contributed by atoms with Crippen molar-refractivity contribution in [2.45, 2.75) is 38.0 Å². The Hall–Kier alpha value is -1.11. The first-order chi connectivity index (χ1) is 10.3. The van der Waals surface area contributed by atoms with Crippen molar-refractivity contribution in [2.75, 3.05) is 13.1 Å². The SMILES string of the molecule is CC(C)CCCNC(=O)CCNS(=O)(=O)c1ccccc1Cl. The molecule has 22 heavy (non-hydrogen) atoms. The van der Waals surface area contributed by atoms with Gasteiger partial charge in [-0.25, -0.2) is 13.1 Å². The van der Waals surface area contributed by atoms with E-state index in [0.717, 1.165) is 12.8 Å². The molecule has 2 N–H and O–H groups in total. The third kappa shape index (κ3) is 6.77.